The molecule has 0 spiro atoms. The molecule has 1 amide bonds. The van der Waals surface area contributed by atoms with Gasteiger partial charge in [0.25, 0.3) is 5.91 Å². The van der Waals surface area contributed by atoms with Crippen LogP contribution in [0.2, 0.25) is 0 Å². The average molecular weight is 445 g/mol. The molecule has 2 aliphatic heterocycles. The van der Waals surface area contributed by atoms with Gasteiger partial charge in [0, 0.05) is 24.4 Å². The van der Waals surface area contributed by atoms with E-state index in [0.29, 0.717) is 24.3 Å². The minimum atomic E-state index is -0.629. The third kappa shape index (κ3) is 2.84. The van der Waals surface area contributed by atoms with E-state index in [1.807, 2.05) is 41.4 Å². The average Bonchev–Trinajstić information content (AvgIpc) is 3.00. The van der Waals surface area contributed by atoms with Crippen molar-refractivity contribution in [1.29, 1.82) is 0 Å². The van der Waals surface area contributed by atoms with E-state index in [0.717, 1.165) is 11.1 Å². The van der Waals surface area contributed by atoms with Crippen LogP contribution in [0.1, 0.15) is 38.8 Å². The van der Waals surface area contributed by atoms with Crippen molar-refractivity contribution >= 4 is 18.1 Å². The first-order valence-electron chi connectivity index (χ1n) is 10.7. The predicted molar refractivity (Wildman–Crippen MR) is 120 cm³/mol. The lowest BCUT2D eigenvalue weighted by Gasteiger charge is -2.51. The number of carbonyl (C=O) groups excluding carboxylic acids is 1. The van der Waals surface area contributed by atoms with E-state index in [-0.39, 0.29) is 18.1 Å². The Morgan fingerprint density at radius 3 is 2.70 bits per heavy atom. The van der Waals surface area contributed by atoms with Gasteiger partial charge < -0.3 is 14.7 Å². The van der Waals surface area contributed by atoms with E-state index >= 15 is 0 Å². The number of amides is 1. The Bertz CT molecular complexity index is 1380. The maximum atomic E-state index is 15.0. The topological polar surface area (TPSA) is 75.0 Å². The molecule has 7 nitrogen and oxygen atoms in total. The molecule has 2 aromatic carbocycles. The molecule has 0 radical (unpaired) electrons. The summed E-state index contributed by atoms with van der Waals surface area (Å²) in [5.41, 5.74) is 2.24. The van der Waals surface area contributed by atoms with Crippen LogP contribution in [0.25, 0.3) is 12.2 Å². The normalized spacial score (nSPS) is 21.1. The van der Waals surface area contributed by atoms with Crippen molar-refractivity contribution in [3.8, 4) is 5.75 Å². The zero-order chi connectivity index (χ0) is 22.7. The zero-order valence-electron chi connectivity index (χ0n) is 17.5. The van der Waals surface area contributed by atoms with Gasteiger partial charge in [0.05, 0.1) is 19.3 Å². The molecule has 0 bridgehead atoms. The van der Waals surface area contributed by atoms with Crippen LogP contribution >= 0.6 is 0 Å². The van der Waals surface area contributed by atoms with Gasteiger partial charge >= 0.3 is 0 Å². The maximum Gasteiger partial charge on any atom is 0.278 e. The van der Waals surface area contributed by atoms with Crippen LogP contribution in [0.5, 0.6) is 5.75 Å². The smallest absolute Gasteiger partial charge is 0.278 e. The van der Waals surface area contributed by atoms with Gasteiger partial charge in [0.2, 0.25) is 5.43 Å². The molecule has 1 unspecified atom stereocenters. The number of ether oxygens (including phenoxy) is 1. The Kier molecular flexibility index (Phi) is 4.38. The highest BCUT2D eigenvalue weighted by atomic mass is 19.1. The molecule has 1 fully saturated rings. The first-order chi connectivity index (χ1) is 16.1. The summed E-state index contributed by atoms with van der Waals surface area (Å²) >= 11 is 0. The standard InChI is InChI=1S/C25H20FN3O4/c26-19-7-3-6-18-17(19)9-8-15-4-1-2-5-16(15)22(18)29-21-14-33-13-12-27(21)25(32)23-24(31)20(30)10-11-28(23)29/h1-11,21-22,31H,12-14H2/t21-,22?/m1/s1. The Morgan fingerprint density at radius 2 is 1.82 bits per heavy atom. The summed E-state index contributed by atoms with van der Waals surface area (Å²) in [5, 5.41) is 12.5. The summed E-state index contributed by atoms with van der Waals surface area (Å²) in [6.45, 7) is 0.891. The van der Waals surface area contributed by atoms with Gasteiger partial charge in [0.15, 0.2) is 11.4 Å². The fraction of sp³-hybridized carbons (Fsp3) is 0.200. The molecule has 2 atom stereocenters. The molecule has 1 aromatic heterocycles. The predicted octanol–water partition coefficient (Wildman–Crippen LogP) is 2.72. The molecule has 3 aromatic rings. The SMILES string of the molecule is O=C1c2c(O)c(=O)ccn2N(C2c3ccccc3C=Cc3c(F)cccc32)[C@@H]2COCCN12. The van der Waals surface area contributed by atoms with Gasteiger partial charge in [-0.3, -0.25) is 19.3 Å². The fourth-order valence-corrected chi connectivity index (χ4v) is 5.04. The summed E-state index contributed by atoms with van der Waals surface area (Å²) in [4.78, 5) is 27.2. The van der Waals surface area contributed by atoms with Crippen molar-refractivity contribution in [2.75, 3.05) is 24.8 Å². The van der Waals surface area contributed by atoms with Crippen LogP contribution in [0.4, 0.5) is 4.39 Å². The molecule has 33 heavy (non-hydrogen) atoms. The van der Waals surface area contributed by atoms with Gasteiger partial charge in [0.1, 0.15) is 12.0 Å². The summed E-state index contributed by atoms with van der Waals surface area (Å²) in [5.74, 6) is -1.39. The molecule has 1 saturated heterocycles. The van der Waals surface area contributed by atoms with E-state index in [1.54, 1.807) is 17.0 Å². The van der Waals surface area contributed by atoms with E-state index in [4.69, 9.17) is 4.74 Å². The number of halogens is 1. The van der Waals surface area contributed by atoms with E-state index in [9.17, 15) is 19.1 Å². The number of rotatable bonds is 1. The Hall–Kier alpha value is -3.91. The second kappa shape index (κ2) is 7.31. The molecule has 166 valence electrons. The number of aromatic nitrogens is 1. The number of aromatic hydroxyl groups is 1. The first-order valence-corrected chi connectivity index (χ1v) is 10.7. The van der Waals surface area contributed by atoms with Gasteiger partial charge in [-0.1, -0.05) is 48.6 Å². The summed E-state index contributed by atoms with van der Waals surface area (Å²) in [6.07, 6.45) is 4.61. The summed E-state index contributed by atoms with van der Waals surface area (Å²) in [7, 11) is 0. The van der Waals surface area contributed by atoms with E-state index in [1.165, 1.54) is 23.0 Å². The maximum absolute atomic E-state index is 15.0. The van der Waals surface area contributed by atoms with E-state index in [2.05, 4.69) is 0 Å². The zero-order valence-corrected chi connectivity index (χ0v) is 17.5. The summed E-state index contributed by atoms with van der Waals surface area (Å²) < 4.78 is 22.2. The van der Waals surface area contributed by atoms with Crippen LogP contribution in [-0.2, 0) is 4.74 Å². The molecule has 3 aliphatic rings. The minimum absolute atomic E-state index is 0.103. The van der Waals surface area contributed by atoms with Crippen LogP contribution in [0.3, 0.4) is 0 Å². The van der Waals surface area contributed by atoms with Crippen molar-refractivity contribution < 1.29 is 19.0 Å². The largest absolute Gasteiger partial charge is 0.502 e. The Morgan fingerprint density at radius 1 is 1.00 bits per heavy atom. The fourth-order valence-electron chi connectivity index (χ4n) is 5.04. The molecule has 8 heteroatoms. The van der Waals surface area contributed by atoms with Crippen molar-refractivity contribution in [2.45, 2.75) is 12.2 Å². The van der Waals surface area contributed by atoms with Gasteiger partial charge in [-0.2, -0.15) is 0 Å². The molecule has 0 saturated carbocycles. The van der Waals surface area contributed by atoms with Gasteiger partial charge in [-0.05, 0) is 22.8 Å². The third-order valence-corrected chi connectivity index (χ3v) is 6.54. The lowest BCUT2D eigenvalue weighted by atomic mass is 9.92. The second-order valence-electron chi connectivity index (χ2n) is 8.26. The van der Waals surface area contributed by atoms with Crippen LogP contribution in [0.15, 0.2) is 59.5 Å². The highest BCUT2D eigenvalue weighted by Crippen LogP contribution is 2.41. The van der Waals surface area contributed by atoms with Gasteiger partial charge in [-0.15, -0.1) is 0 Å². The number of morpholine rings is 1. The molecule has 1 N–H and O–H groups in total. The third-order valence-electron chi connectivity index (χ3n) is 6.54. The minimum Gasteiger partial charge on any atom is -0.502 e. The molecule has 6 rings (SSSR count). The molecule has 3 heterocycles. The van der Waals surface area contributed by atoms with Crippen molar-refractivity contribution in [2.24, 2.45) is 0 Å². The number of pyridine rings is 1. The number of nitrogens with zero attached hydrogens (tertiary/aromatic N) is 3. The second-order valence-corrected chi connectivity index (χ2v) is 8.26. The lowest BCUT2D eigenvalue weighted by Crippen LogP contribution is -2.66. The Labute approximate surface area is 188 Å². The van der Waals surface area contributed by atoms with Crippen LogP contribution in [0, 0.1) is 5.82 Å². The van der Waals surface area contributed by atoms with Crippen LogP contribution in [-0.4, -0.2) is 46.5 Å². The van der Waals surface area contributed by atoms with Crippen molar-refractivity contribution in [3.63, 3.8) is 0 Å². The highest BCUT2D eigenvalue weighted by molar-refractivity contribution is 5.96. The number of hydrogen-bond acceptors (Lipinski definition) is 5. The monoisotopic (exact) mass is 445 g/mol. The molecule has 1 aliphatic carbocycles. The van der Waals surface area contributed by atoms with Crippen LogP contribution < -0.4 is 10.4 Å². The van der Waals surface area contributed by atoms with Gasteiger partial charge in [-0.25, -0.2) is 4.39 Å². The Balaban J connectivity index is 1.68. The number of carbonyl (C=O) groups is 1. The lowest BCUT2D eigenvalue weighted by molar-refractivity contribution is -0.0197. The summed E-state index contributed by atoms with van der Waals surface area (Å²) in [6, 6.07) is 13.4. The molecular formula is C25H20FN3O4. The molecular weight excluding hydrogens is 425 g/mol. The number of benzene rings is 2. The quantitative estimate of drug-likeness (QED) is 0.624. The van der Waals surface area contributed by atoms with Crippen molar-refractivity contribution in [1.82, 2.24) is 9.58 Å². The van der Waals surface area contributed by atoms with E-state index < -0.39 is 29.3 Å². The number of hydrogen-bond donors (Lipinski definition) is 1. The highest BCUT2D eigenvalue weighted by Gasteiger charge is 2.45. The van der Waals surface area contributed by atoms with Crippen molar-refractivity contribution in [3.05, 3.63) is 98.7 Å². The first kappa shape index (κ1) is 19.8. The number of fused-ring (bicyclic) bond motifs is 4.